The second kappa shape index (κ2) is 7.08. The molecule has 3 saturated carbocycles. The molecule has 0 radical (unpaired) electrons. The van der Waals surface area contributed by atoms with E-state index in [9.17, 15) is 23.1 Å². The summed E-state index contributed by atoms with van der Waals surface area (Å²) in [6.45, 7) is 7.60. The number of hydrogen-bond acceptors (Lipinski definition) is 8. The average Bonchev–Trinajstić information content (AvgIpc) is 3.24. The summed E-state index contributed by atoms with van der Waals surface area (Å²) in [6.07, 6.45) is 3.91. The monoisotopic (exact) mass is 514 g/mol. The van der Waals surface area contributed by atoms with E-state index in [1.54, 1.807) is 31.2 Å². The second-order valence-corrected chi connectivity index (χ2v) is 13.0. The van der Waals surface area contributed by atoms with E-state index in [1.165, 1.54) is 19.2 Å². The minimum atomic E-state index is -4.22. The topological polar surface area (TPSA) is 116 Å². The number of carbonyl (C=O) groups is 2. The first-order valence-corrected chi connectivity index (χ1v) is 13.7. The fourth-order valence-corrected chi connectivity index (χ4v) is 9.37. The number of benzene rings is 1. The number of aliphatic hydroxyl groups is 1. The van der Waals surface area contributed by atoms with Crippen molar-refractivity contribution in [2.24, 2.45) is 28.6 Å². The van der Waals surface area contributed by atoms with Crippen LogP contribution in [-0.2, 0) is 33.4 Å². The van der Waals surface area contributed by atoms with Gasteiger partial charge >= 0.3 is 11.9 Å². The van der Waals surface area contributed by atoms with Crippen LogP contribution < -0.4 is 0 Å². The highest BCUT2D eigenvalue weighted by Gasteiger charge is 2.84. The van der Waals surface area contributed by atoms with Crippen molar-refractivity contribution in [3.05, 3.63) is 54.1 Å². The Morgan fingerprint density at radius 3 is 2.61 bits per heavy atom. The SMILES string of the molecule is C=C1C[C@]23C[C@@]1(O)CCC2[C@@]12C=C[C@H](OS(=O)(=O)c4ccc(C)cc4)[C@](C)(C(=O)O1)C2[C@@H]3C(=O)OC. The molecule has 1 heterocycles. The molecule has 1 aromatic rings. The highest BCUT2D eigenvalue weighted by Crippen LogP contribution is 2.77. The van der Waals surface area contributed by atoms with Crippen LogP contribution in [0.15, 0.2) is 53.5 Å². The van der Waals surface area contributed by atoms with E-state index >= 15 is 0 Å². The zero-order chi connectivity index (χ0) is 25.9. The van der Waals surface area contributed by atoms with Gasteiger partial charge < -0.3 is 14.6 Å². The van der Waals surface area contributed by atoms with Gasteiger partial charge in [0.1, 0.15) is 17.1 Å². The summed E-state index contributed by atoms with van der Waals surface area (Å²) >= 11 is 0. The third-order valence-corrected chi connectivity index (χ3v) is 11.1. The molecule has 192 valence electrons. The summed E-state index contributed by atoms with van der Waals surface area (Å²) in [4.78, 5) is 27.0. The normalized spacial score (nSPS) is 44.2. The number of hydrogen-bond donors (Lipinski definition) is 1. The quantitative estimate of drug-likeness (QED) is 0.371. The highest BCUT2D eigenvalue weighted by molar-refractivity contribution is 7.86. The van der Waals surface area contributed by atoms with Crippen molar-refractivity contribution in [3.8, 4) is 0 Å². The maximum atomic E-state index is 13.6. The van der Waals surface area contributed by atoms with Crippen LogP contribution in [0.3, 0.4) is 0 Å². The van der Waals surface area contributed by atoms with Gasteiger partial charge in [0.15, 0.2) is 0 Å². The van der Waals surface area contributed by atoms with Gasteiger partial charge in [-0.3, -0.25) is 13.8 Å². The van der Waals surface area contributed by atoms with Gasteiger partial charge in [0.2, 0.25) is 0 Å². The van der Waals surface area contributed by atoms with E-state index in [-0.39, 0.29) is 10.8 Å². The lowest BCUT2D eigenvalue weighted by Gasteiger charge is -2.44. The molecule has 5 aliphatic rings. The summed E-state index contributed by atoms with van der Waals surface area (Å²) in [5, 5.41) is 11.3. The minimum Gasteiger partial charge on any atom is -0.469 e. The first kappa shape index (κ1) is 23.9. The van der Waals surface area contributed by atoms with Gasteiger partial charge in [0, 0.05) is 11.8 Å². The zero-order valence-electron chi connectivity index (χ0n) is 20.5. The molecule has 8 atom stereocenters. The number of rotatable bonds is 4. The predicted molar refractivity (Wildman–Crippen MR) is 127 cm³/mol. The summed E-state index contributed by atoms with van der Waals surface area (Å²) in [5.41, 5.74) is -2.77. The van der Waals surface area contributed by atoms with E-state index in [0.29, 0.717) is 31.3 Å². The first-order valence-electron chi connectivity index (χ1n) is 12.3. The number of ether oxygens (including phenoxy) is 2. The summed E-state index contributed by atoms with van der Waals surface area (Å²) in [6, 6.07) is 6.27. The molecule has 1 aromatic carbocycles. The lowest BCUT2D eigenvalue weighted by molar-refractivity contribution is -0.163. The lowest BCUT2D eigenvalue weighted by atomic mass is 9.61. The maximum Gasteiger partial charge on any atom is 0.316 e. The molecule has 1 N–H and O–H groups in total. The van der Waals surface area contributed by atoms with Crippen LogP contribution in [0, 0.1) is 35.5 Å². The Balaban J connectivity index is 1.48. The third-order valence-electron chi connectivity index (χ3n) is 9.82. The Labute approximate surface area is 210 Å². The molecule has 4 aliphatic carbocycles. The fraction of sp³-hybridized carbons (Fsp3) is 0.556. The van der Waals surface area contributed by atoms with E-state index in [0.717, 1.165) is 5.56 Å². The van der Waals surface area contributed by atoms with Crippen LogP contribution in [0.4, 0.5) is 0 Å². The molecule has 9 heteroatoms. The van der Waals surface area contributed by atoms with E-state index in [1.807, 2.05) is 6.92 Å². The standard InChI is InChI=1S/C27H30O8S/c1-15-5-7-17(8-6-15)36(31,32)35-19-10-12-27-18-9-11-26(30)14-25(18,13-16(26)2)20(22(28)33-4)21(27)24(19,3)23(29)34-27/h5-8,10,12,18-21,30H,2,9,11,13-14H2,1,3-4H3/t18?,19-,20+,21?,24-,25-,26-,27+/m0/s1. The van der Waals surface area contributed by atoms with Crippen LogP contribution in [0.2, 0.25) is 0 Å². The summed E-state index contributed by atoms with van der Waals surface area (Å²) in [5.74, 6) is -2.84. The van der Waals surface area contributed by atoms with Crippen LogP contribution in [0.25, 0.3) is 0 Å². The zero-order valence-corrected chi connectivity index (χ0v) is 21.3. The van der Waals surface area contributed by atoms with Gasteiger partial charge in [-0.15, -0.1) is 0 Å². The third kappa shape index (κ3) is 2.69. The van der Waals surface area contributed by atoms with Crippen molar-refractivity contribution in [3.63, 3.8) is 0 Å². The van der Waals surface area contributed by atoms with Gasteiger partial charge in [0.25, 0.3) is 10.1 Å². The van der Waals surface area contributed by atoms with Crippen LogP contribution >= 0.6 is 0 Å². The molecule has 0 amide bonds. The summed E-state index contributed by atoms with van der Waals surface area (Å²) < 4.78 is 43.6. The van der Waals surface area contributed by atoms with Gasteiger partial charge in [-0.25, -0.2) is 0 Å². The maximum absolute atomic E-state index is 13.6. The Hall–Kier alpha value is -2.49. The van der Waals surface area contributed by atoms with Crippen molar-refractivity contribution in [1.82, 2.24) is 0 Å². The molecule has 0 aromatic heterocycles. The van der Waals surface area contributed by atoms with Gasteiger partial charge in [0.05, 0.1) is 23.5 Å². The molecule has 1 saturated heterocycles. The molecule has 36 heavy (non-hydrogen) atoms. The Morgan fingerprint density at radius 1 is 1.25 bits per heavy atom. The van der Waals surface area contributed by atoms with Crippen molar-refractivity contribution in [1.29, 1.82) is 0 Å². The molecule has 2 unspecified atom stereocenters. The molecule has 1 aliphatic heterocycles. The van der Waals surface area contributed by atoms with Gasteiger partial charge in [-0.05, 0) is 68.7 Å². The van der Waals surface area contributed by atoms with Crippen molar-refractivity contribution in [2.45, 2.75) is 61.7 Å². The van der Waals surface area contributed by atoms with Crippen LogP contribution in [0.5, 0.6) is 0 Å². The Morgan fingerprint density at radius 2 is 1.94 bits per heavy atom. The van der Waals surface area contributed by atoms with E-state index in [4.69, 9.17) is 13.7 Å². The second-order valence-electron chi connectivity index (χ2n) is 11.5. The lowest BCUT2D eigenvalue weighted by Crippen LogP contribution is -2.52. The average molecular weight is 515 g/mol. The van der Waals surface area contributed by atoms with Gasteiger partial charge in [-0.2, -0.15) is 8.42 Å². The molecule has 6 rings (SSSR count). The Bertz CT molecular complexity index is 1330. The Kier molecular flexibility index (Phi) is 4.70. The first-order chi connectivity index (χ1) is 16.8. The largest absolute Gasteiger partial charge is 0.469 e. The number of carbonyl (C=O) groups excluding carboxylic acids is 2. The highest BCUT2D eigenvalue weighted by atomic mass is 32.2. The predicted octanol–water partition coefficient (Wildman–Crippen LogP) is 2.84. The smallest absolute Gasteiger partial charge is 0.316 e. The molecule has 4 bridgehead atoms. The molecular weight excluding hydrogens is 484 g/mol. The number of aryl methyl sites for hydroxylation is 1. The van der Waals surface area contributed by atoms with E-state index < -0.39 is 62.0 Å². The molecule has 8 nitrogen and oxygen atoms in total. The van der Waals surface area contributed by atoms with Crippen LogP contribution in [-0.4, -0.2) is 49.9 Å². The van der Waals surface area contributed by atoms with Crippen LogP contribution in [0.1, 0.15) is 38.2 Å². The molecule has 1 spiro atoms. The number of esters is 2. The van der Waals surface area contributed by atoms with Gasteiger partial charge in [-0.1, -0.05) is 30.4 Å². The fourth-order valence-electron chi connectivity index (χ4n) is 8.25. The van der Waals surface area contributed by atoms with E-state index in [2.05, 4.69) is 6.58 Å². The van der Waals surface area contributed by atoms with Crippen molar-refractivity contribution < 1.29 is 36.8 Å². The van der Waals surface area contributed by atoms with Crippen molar-refractivity contribution in [2.75, 3.05) is 7.11 Å². The summed E-state index contributed by atoms with van der Waals surface area (Å²) in [7, 11) is -2.92. The minimum absolute atomic E-state index is 0.0198. The molecular formula is C27H30O8S. The molecule has 4 fully saturated rings. The number of fused-ring (bicyclic) bond motifs is 1. The number of methoxy groups -OCH3 is 1. The van der Waals surface area contributed by atoms with Crippen molar-refractivity contribution >= 4 is 22.1 Å².